The molecule has 5 nitrogen and oxygen atoms in total. The van der Waals surface area contributed by atoms with Gasteiger partial charge in [0.15, 0.2) is 0 Å². The number of hydrogen-bond donors (Lipinski definition) is 1. The SMILES string of the molecule is c1cnnc(CNCc2cnc3ccccc3n2)c1. The average molecular weight is 251 g/mol. The molecule has 0 saturated carbocycles. The third-order valence-corrected chi connectivity index (χ3v) is 2.74. The fourth-order valence-corrected chi connectivity index (χ4v) is 1.83. The van der Waals surface area contributed by atoms with E-state index >= 15 is 0 Å². The van der Waals surface area contributed by atoms with E-state index in [9.17, 15) is 0 Å². The van der Waals surface area contributed by atoms with E-state index in [4.69, 9.17) is 0 Å². The first-order chi connectivity index (χ1) is 9.42. The second-order valence-electron chi connectivity index (χ2n) is 4.17. The maximum Gasteiger partial charge on any atom is 0.0890 e. The van der Waals surface area contributed by atoms with Gasteiger partial charge < -0.3 is 5.32 Å². The van der Waals surface area contributed by atoms with Gasteiger partial charge in [-0.15, -0.1) is 0 Å². The van der Waals surface area contributed by atoms with Gasteiger partial charge in [0.2, 0.25) is 0 Å². The molecule has 0 spiro atoms. The van der Waals surface area contributed by atoms with E-state index in [2.05, 4.69) is 25.5 Å². The van der Waals surface area contributed by atoms with Crippen LogP contribution in [0.1, 0.15) is 11.4 Å². The lowest BCUT2D eigenvalue weighted by atomic mass is 10.3. The van der Waals surface area contributed by atoms with Gasteiger partial charge in [0, 0.05) is 19.3 Å². The molecule has 0 aliphatic rings. The third-order valence-electron chi connectivity index (χ3n) is 2.74. The molecule has 0 aliphatic heterocycles. The molecular weight excluding hydrogens is 238 g/mol. The van der Waals surface area contributed by atoms with Crippen molar-refractivity contribution < 1.29 is 0 Å². The van der Waals surface area contributed by atoms with Crippen LogP contribution in [0.15, 0.2) is 48.8 Å². The smallest absolute Gasteiger partial charge is 0.0890 e. The molecule has 0 bridgehead atoms. The molecule has 94 valence electrons. The van der Waals surface area contributed by atoms with Crippen LogP contribution in [0.4, 0.5) is 0 Å². The summed E-state index contributed by atoms with van der Waals surface area (Å²) in [7, 11) is 0. The lowest BCUT2D eigenvalue weighted by Crippen LogP contribution is -2.15. The highest BCUT2D eigenvalue weighted by Gasteiger charge is 1.99. The molecule has 1 aromatic carbocycles. The predicted octanol–water partition coefficient (Wildman–Crippen LogP) is 1.71. The zero-order valence-electron chi connectivity index (χ0n) is 10.3. The fraction of sp³-hybridized carbons (Fsp3) is 0.143. The molecule has 0 radical (unpaired) electrons. The molecule has 5 heteroatoms. The van der Waals surface area contributed by atoms with Gasteiger partial charge in [-0.1, -0.05) is 12.1 Å². The highest BCUT2D eigenvalue weighted by molar-refractivity contribution is 5.73. The van der Waals surface area contributed by atoms with Gasteiger partial charge in [0.05, 0.1) is 28.6 Å². The number of para-hydroxylation sites is 2. The van der Waals surface area contributed by atoms with E-state index in [0.29, 0.717) is 13.1 Å². The van der Waals surface area contributed by atoms with Crippen LogP contribution in [0.3, 0.4) is 0 Å². The Kier molecular flexibility index (Phi) is 3.38. The van der Waals surface area contributed by atoms with Crippen molar-refractivity contribution in [1.82, 2.24) is 25.5 Å². The normalized spacial score (nSPS) is 10.7. The molecule has 2 aromatic heterocycles. The lowest BCUT2D eigenvalue weighted by Gasteiger charge is -2.04. The molecule has 0 atom stereocenters. The minimum Gasteiger partial charge on any atom is -0.305 e. The zero-order chi connectivity index (χ0) is 12.9. The summed E-state index contributed by atoms with van der Waals surface area (Å²) in [6, 6.07) is 11.7. The lowest BCUT2D eigenvalue weighted by molar-refractivity contribution is 0.659. The van der Waals surface area contributed by atoms with Crippen molar-refractivity contribution in [3.63, 3.8) is 0 Å². The van der Waals surface area contributed by atoms with Crippen LogP contribution in [0.25, 0.3) is 11.0 Å². The second-order valence-corrected chi connectivity index (χ2v) is 4.17. The van der Waals surface area contributed by atoms with Crippen molar-refractivity contribution in [2.75, 3.05) is 0 Å². The monoisotopic (exact) mass is 251 g/mol. The Hall–Kier alpha value is -2.40. The summed E-state index contributed by atoms with van der Waals surface area (Å²) in [5.41, 5.74) is 3.67. The van der Waals surface area contributed by atoms with Gasteiger partial charge in [-0.2, -0.15) is 10.2 Å². The average Bonchev–Trinajstić information content (AvgIpc) is 2.48. The first-order valence-corrected chi connectivity index (χ1v) is 6.10. The highest BCUT2D eigenvalue weighted by Crippen LogP contribution is 2.08. The van der Waals surface area contributed by atoms with Crippen molar-refractivity contribution >= 4 is 11.0 Å². The summed E-state index contributed by atoms with van der Waals surface area (Å²) in [4.78, 5) is 8.92. The van der Waals surface area contributed by atoms with Gasteiger partial charge in [-0.25, -0.2) is 4.98 Å². The van der Waals surface area contributed by atoms with Gasteiger partial charge in [-0.05, 0) is 24.3 Å². The predicted molar refractivity (Wildman–Crippen MR) is 72.1 cm³/mol. The van der Waals surface area contributed by atoms with E-state index < -0.39 is 0 Å². The number of nitrogens with zero attached hydrogens (tertiary/aromatic N) is 4. The first-order valence-electron chi connectivity index (χ1n) is 6.10. The van der Waals surface area contributed by atoms with Crippen molar-refractivity contribution in [1.29, 1.82) is 0 Å². The van der Waals surface area contributed by atoms with Crippen molar-refractivity contribution in [3.8, 4) is 0 Å². The van der Waals surface area contributed by atoms with Crippen LogP contribution in [-0.4, -0.2) is 20.2 Å². The second kappa shape index (κ2) is 5.49. The Labute approximate surface area is 110 Å². The summed E-state index contributed by atoms with van der Waals surface area (Å²) in [5, 5.41) is 11.1. The van der Waals surface area contributed by atoms with Crippen LogP contribution in [0.5, 0.6) is 0 Å². The standard InChI is InChI=1S/C14H13N5/c1-2-6-14-13(5-1)16-10-12(18-14)9-15-8-11-4-3-7-17-19-11/h1-7,10,15H,8-9H2. The highest BCUT2D eigenvalue weighted by atomic mass is 15.1. The van der Waals surface area contributed by atoms with Crippen LogP contribution >= 0.6 is 0 Å². The topological polar surface area (TPSA) is 63.6 Å². The molecule has 3 aromatic rings. The van der Waals surface area contributed by atoms with E-state index in [-0.39, 0.29) is 0 Å². The minimum atomic E-state index is 0.661. The number of rotatable bonds is 4. The Morgan fingerprint density at radius 1 is 0.895 bits per heavy atom. The summed E-state index contributed by atoms with van der Waals surface area (Å²) < 4.78 is 0. The third kappa shape index (κ3) is 2.89. The Morgan fingerprint density at radius 2 is 1.74 bits per heavy atom. The minimum absolute atomic E-state index is 0.661. The maximum atomic E-state index is 4.55. The number of benzene rings is 1. The van der Waals surface area contributed by atoms with Gasteiger partial charge in [0.25, 0.3) is 0 Å². The summed E-state index contributed by atoms with van der Waals surface area (Å²) >= 11 is 0. The molecule has 0 unspecified atom stereocenters. The van der Waals surface area contributed by atoms with E-state index in [1.165, 1.54) is 0 Å². The van der Waals surface area contributed by atoms with Crippen molar-refractivity contribution in [3.05, 3.63) is 60.2 Å². The Morgan fingerprint density at radius 3 is 2.58 bits per heavy atom. The zero-order valence-corrected chi connectivity index (χ0v) is 10.3. The molecule has 2 heterocycles. The van der Waals surface area contributed by atoms with Crippen LogP contribution in [0.2, 0.25) is 0 Å². The van der Waals surface area contributed by atoms with Crippen molar-refractivity contribution in [2.45, 2.75) is 13.1 Å². The van der Waals surface area contributed by atoms with Crippen LogP contribution in [0, 0.1) is 0 Å². The number of hydrogen-bond acceptors (Lipinski definition) is 5. The van der Waals surface area contributed by atoms with E-state index in [1.54, 1.807) is 12.4 Å². The van der Waals surface area contributed by atoms with Gasteiger partial charge in [-0.3, -0.25) is 4.98 Å². The molecule has 1 N–H and O–H groups in total. The first kappa shape index (κ1) is 11.7. The Balaban J connectivity index is 1.65. The largest absolute Gasteiger partial charge is 0.305 e. The maximum absolute atomic E-state index is 4.55. The molecular formula is C14H13N5. The molecule has 19 heavy (non-hydrogen) atoms. The fourth-order valence-electron chi connectivity index (χ4n) is 1.83. The number of fused-ring (bicyclic) bond motifs is 1. The molecule has 0 fully saturated rings. The van der Waals surface area contributed by atoms with Gasteiger partial charge in [0.1, 0.15) is 0 Å². The summed E-state index contributed by atoms with van der Waals surface area (Å²) in [6.07, 6.45) is 3.46. The molecule has 3 rings (SSSR count). The summed E-state index contributed by atoms with van der Waals surface area (Å²) in [5.74, 6) is 0. The molecule has 0 saturated heterocycles. The molecule has 0 aliphatic carbocycles. The van der Waals surface area contributed by atoms with Crippen LogP contribution in [-0.2, 0) is 13.1 Å². The molecule has 0 amide bonds. The van der Waals surface area contributed by atoms with E-state index in [0.717, 1.165) is 22.4 Å². The van der Waals surface area contributed by atoms with Crippen LogP contribution < -0.4 is 5.32 Å². The van der Waals surface area contributed by atoms with Crippen molar-refractivity contribution in [2.24, 2.45) is 0 Å². The van der Waals surface area contributed by atoms with E-state index in [1.807, 2.05) is 36.4 Å². The Bertz CT molecular complexity index is 669. The van der Waals surface area contributed by atoms with Gasteiger partial charge >= 0.3 is 0 Å². The quantitative estimate of drug-likeness (QED) is 0.764. The summed E-state index contributed by atoms with van der Waals surface area (Å²) in [6.45, 7) is 1.33. The number of nitrogens with one attached hydrogen (secondary N) is 1. The number of aromatic nitrogens is 4.